The van der Waals surface area contributed by atoms with Crippen molar-refractivity contribution in [3.8, 4) is 0 Å². The second-order valence-electron chi connectivity index (χ2n) is 5.52. The largest absolute Gasteiger partial charge is 0.345 e. The normalized spacial score (nSPS) is 14.2. The van der Waals surface area contributed by atoms with E-state index in [0.717, 1.165) is 5.56 Å². The summed E-state index contributed by atoms with van der Waals surface area (Å²) < 4.78 is 0. The predicted octanol–water partition coefficient (Wildman–Crippen LogP) is 1.00. The van der Waals surface area contributed by atoms with Crippen molar-refractivity contribution in [3.63, 3.8) is 0 Å². The summed E-state index contributed by atoms with van der Waals surface area (Å²) in [6.07, 6.45) is 0.160. The predicted molar refractivity (Wildman–Crippen MR) is 90.7 cm³/mol. The lowest BCUT2D eigenvalue weighted by Crippen LogP contribution is -2.52. The molecule has 0 heterocycles. The molecule has 2 N–H and O–H groups in total. The number of rotatable bonds is 8. The van der Waals surface area contributed by atoms with Gasteiger partial charge in [0.1, 0.15) is 6.04 Å². The molecule has 3 unspecified atom stereocenters. The van der Waals surface area contributed by atoms with Crippen LogP contribution in [0.5, 0.6) is 0 Å². The van der Waals surface area contributed by atoms with Crippen LogP contribution in [-0.2, 0) is 25.6 Å². The first-order valence-corrected chi connectivity index (χ1v) is 7.99. The maximum absolute atomic E-state index is 12.3. The molecular weight excluding hydrogens is 332 g/mol. The lowest BCUT2D eigenvalue weighted by Gasteiger charge is -2.20. The van der Waals surface area contributed by atoms with E-state index < -0.39 is 34.9 Å². The van der Waals surface area contributed by atoms with E-state index >= 15 is 0 Å². The number of hydrogen-bond donors (Lipinski definition) is 2. The van der Waals surface area contributed by atoms with Gasteiger partial charge in [0.25, 0.3) is 0 Å². The zero-order valence-corrected chi connectivity index (χ0v) is 14.6. The SMILES string of the molecule is CC(=O)NC(C)C(=O)NC(Cc1ccccc1)C(=O)C(=O)C(C)Cl. The molecule has 1 rings (SSSR count). The molecule has 24 heavy (non-hydrogen) atoms. The first kappa shape index (κ1) is 19.8. The third-order valence-electron chi connectivity index (χ3n) is 3.33. The highest BCUT2D eigenvalue weighted by atomic mass is 35.5. The number of amides is 2. The van der Waals surface area contributed by atoms with Gasteiger partial charge >= 0.3 is 0 Å². The lowest BCUT2D eigenvalue weighted by atomic mass is 9.98. The molecular formula is C17H21ClN2O4. The molecule has 0 radical (unpaired) electrons. The van der Waals surface area contributed by atoms with Gasteiger partial charge in [-0.1, -0.05) is 30.3 Å². The lowest BCUT2D eigenvalue weighted by molar-refractivity contribution is -0.139. The van der Waals surface area contributed by atoms with Gasteiger partial charge in [0, 0.05) is 13.3 Å². The summed E-state index contributed by atoms with van der Waals surface area (Å²) in [6, 6.07) is 7.14. The molecule has 0 saturated heterocycles. The Morgan fingerprint density at radius 3 is 2.08 bits per heavy atom. The van der Waals surface area contributed by atoms with Gasteiger partial charge in [-0.3, -0.25) is 19.2 Å². The number of nitrogens with one attached hydrogen (secondary N) is 2. The highest BCUT2D eigenvalue weighted by Gasteiger charge is 2.30. The van der Waals surface area contributed by atoms with Crippen molar-refractivity contribution in [2.24, 2.45) is 0 Å². The maximum atomic E-state index is 12.3. The van der Waals surface area contributed by atoms with Gasteiger partial charge in [0.2, 0.25) is 23.4 Å². The summed E-state index contributed by atoms with van der Waals surface area (Å²) in [5.74, 6) is -2.43. The monoisotopic (exact) mass is 352 g/mol. The van der Waals surface area contributed by atoms with Gasteiger partial charge < -0.3 is 10.6 Å². The van der Waals surface area contributed by atoms with Crippen molar-refractivity contribution in [2.45, 2.75) is 44.7 Å². The molecule has 0 bridgehead atoms. The second kappa shape index (κ2) is 9.17. The van der Waals surface area contributed by atoms with Crippen molar-refractivity contribution in [3.05, 3.63) is 35.9 Å². The molecule has 130 valence electrons. The van der Waals surface area contributed by atoms with Crippen LogP contribution in [0.4, 0.5) is 0 Å². The van der Waals surface area contributed by atoms with E-state index in [0.29, 0.717) is 0 Å². The van der Waals surface area contributed by atoms with Crippen LogP contribution in [0.15, 0.2) is 30.3 Å². The summed E-state index contributed by atoms with van der Waals surface area (Å²) in [5, 5.41) is 3.98. The Kier molecular flexibility index (Phi) is 7.58. The van der Waals surface area contributed by atoms with Gasteiger partial charge in [-0.2, -0.15) is 0 Å². The number of benzene rings is 1. The van der Waals surface area contributed by atoms with Crippen molar-refractivity contribution in [1.82, 2.24) is 10.6 Å². The van der Waals surface area contributed by atoms with Crippen molar-refractivity contribution >= 4 is 35.0 Å². The fraction of sp³-hybridized carbons (Fsp3) is 0.412. The van der Waals surface area contributed by atoms with Gasteiger partial charge in [0.05, 0.1) is 11.4 Å². The molecule has 0 aliphatic heterocycles. The van der Waals surface area contributed by atoms with Crippen molar-refractivity contribution < 1.29 is 19.2 Å². The summed E-state index contributed by atoms with van der Waals surface area (Å²) in [7, 11) is 0. The number of alkyl halides is 1. The summed E-state index contributed by atoms with van der Waals surface area (Å²) in [4.78, 5) is 47.4. The number of carbonyl (C=O) groups is 4. The molecule has 3 atom stereocenters. The minimum Gasteiger partial charge on any atom is -0.345 e. The van der Waals surface area contributed by atoms with E-state index in [1.807, 2.05) is 6.07 Å². The number of Topliss-reactive ketones (excluding diaryl/α,β-unsaturated/α-hetero) is 2. The average molecular weight is 353 g/mol. The Morgan fingerprint density at radius 1 is 1.00 bits per heavy atom. The van der Waals surface area contributed by atoms with Crippen LogP contribution < -0.4 is 10.6 Å². The topological polar surface area (TPSA) is 92.3 Å². The van der Waals surface area contributed by atoms with Gasteiger partial charge in [-0.15, -0.1) is 11.6 Å². The summed E-state index contributed by atoms with van der Waals surface area (Å²) in [5.41, 5.74) is 0.790. The van der Waals surface area contributed by atoms with E-state index in [1.54, 1.807) is 24.3 Å². The first-order valence-electron chi connectivity index (χ1n) is 7.56. The van der Waals surface area contributed by atoms with Gasteiger partial charge in [-0.25, -0.2) is 0 Å². The first-order chi connectivity index (χ1) is 11.2. The molecule has 0 aliphatic rings. The molecule has 0 saturated carbocycles. The number of halogens is 1. The molecule has 0 aliphatic carbocycles. The molecule has 1 aromatic rings. The molecule has 1 aromatic carbocycles. The molecule has 0 fully saturated rings. The van der Waals surface area contributed by atoms with E-state index in [4.69, 9.17) is 11.6 Å². The Morgan fingerprint density at radius 2 is 1.58 bits per heavy atom. The zero-order chi connectivity index (χ0) is 18.3. The molecule has 2 amide bonds. The standard InChI is InChI=1S/C17H21ClN2O4/c1-10(18)15(22)16(23)14(9-13-7-5-4-6-8-13)20-17(24)11(2)19-12(3)21/h4-8,10-11,14H,9H2,1-3H3,(H,19,21)(H,20,24). The Labute approximate surface area is 145 Å². The fourth-order valence-electron chi connectivity index (χ4n) is 2.09. The van der Waals surface area contributed by atoms with Crippen LogP contribution in [0.3, 0.4) is 0 Å². The second-order valence-corrected chi connectivity index (χ2v) is 6.17. The van der Waals surface area contributed by atoms with E-state index in [2.05, 4.69) is 10.6 Å². The van der Waals surface area contributed by atoms with Crippen molar-refractivity contribution in [1.29, 1.82) is 0 Å². The van der Waals surface area contributed by atoms with Crippen LogP contribution in [-0.4, -0.2) is 40.8 Å². The number of carbonyl (C=O) groups excluding carboxylic acids is 4. The minimum atomic E-state index is -1.04. The Balaban J connectivity index is 2.92. The number of ketones is 2. The van der Waals surface area contributed by atoms with Crippen LogP contribution in [0.2, 0.25) is 0 Å². The van der Waals surface area contributed by atoms with E-state index in [-0.39, 0.29) is 12.3 Å². The number of hydrogen-bond acceptors (Lipinski definition) is 4. The maximum Gasteiger partial charge on any atom is 0.242 e. The third-order valence-corrected chi connectivity index (χ3v) is 3.53. The quantitative estimate of drug-likeness (QED) is 0.539. The molecule has 6 nitrogen and oxygen atoms in total. The fourth-order valence-corrected chi connectivity index (χ4v) is 2.20. The Hall–Kier alpha value is -2.21. The van der Waals surface area contributed by atoms with Crippen molar-refractivity contribution in [2.75, 3.05) is 0 Å². The highest BCUT2D eigenvalue weighted by Crippen LogP contribution is 2.07. The van der Waals surface area contributed by atoms with Crippen LogP contribution in [0, 0.1) is 0 Å². The zero-order valence-electron chi connectivity index (χ0n) is 13.8. The Bertz CT molecular complexity index is 616. The summed E-state index contributed by atoms with van der Waals surface area (Å²) in [6.45, 7) is 4.19. The minimum absolute atomic E-state index is 0.160. The van der Waals surface area contributed by atoms with Crippen LogP contribution in [0.1, 0.15) is 26.3 Å². The highest BCUT2D eigenvalue weighted by molar-refractivity contribution is 6.50. The summed E-state index contributed by atoms with van der Waals surface area (Å²) >= 11 is 5.70. The molecule has 7 heteroatoms. The van der Waals surface area contributed by atoms with E-state index in [1.165, 1.54) is 20.8 Å². The van der Waals surface area contributed by atoms with Crippen LogP contribution >= 0.6 is 11.6 Å². The van der Waals surface area contributed by atoms with Gasteiger partial charge in [-0.05, 0) is 19.4 Å². The van der Waals surface area contributed by atoms with Crippen LogP contribution in [0.25, 0.3) is 0 Å². The average Bonchev–Trinajstić information content (AvgIpc) is 2.52. The third kappa shape index (κ3) is 6.12. The van der Waals surface area contributed by atoms with E-state index in [9.17, 15) is 19.2 Å². The molecule has 0 spiro atoms. The molecule has 0 aromatic heterocycles. The van der Waals surface area contributed by atoms with Gasteiger partial charge in [0.15, 0.2) is 0 Å². The smallest absolute Gasteiger partial charge is 0.242 e.